The predicted molar refractivity (Wildman–Crippen MR) is 166 cm³/mol. The molecule has 0 spiro atoms. The highest BCUT2D eigenvalue weighted by molar-refractivity contribution is 6.37. The number of urea groups is 1. The lowest BCUT2D eigenvalue weighted by molar-refractivity contribution is -0.160. The van der Waals surface area contributed by atoms with Crippen molar-refractivity contribution >= 4 is 35.5 Å². The smallest absolute Gasteiger partial charge is 0.329 e. The fourth-order valence-electron chi connectivity index (χ4n) is 5.68. The van der Waals surface area contributed by atoms with Gasteiger partial charge in [-0.15, -0.1) is 0 Å². The molecule has 2 rings (SSSR count). The first-order valence-electron chi connectivity index (χ1n) is 15.8. The maximum absolute atomic E-state index is 14.2. The molecule has 0 radical (unpaired) electrons. The average Bonchev–Trinajstić information content (AvgIpc) is 3.25. The number of Topliss-reactive ketones (excluding diaryl/α,β-unsaturated/α-hetero) is 1. The number of alkyl halides is 2. The Morgan fingerprint density at radius 1 is 0.891 bits per heavy atom. The van der Waals surface area contributed by atoms with Crippen LogP contribution in [0.15, 0.2) is 0 Å². The summed E-state index contributed by atoms with van der Waals surface area (Å²) in [6.45, 7) is 19.5. The molecule has 2 aliphatic rings. The molecule has 262 valence electrons. The lowest BCUT2D eigenvalue weighted by Gasteiger charge is -2.38. The van der Waals surface area contributed by atoms with Gasteiger partial charge in [0.25, 0.3) is 11.8 Å². The summed E-state index contributed by atoms with van der Waals surface area (Å²) in [5.41, 5.74) is 2.75. The zero-order valence-electron chi connectivity index (χ0n) is 29.0. The van der Waals surface area contributed by atoms with E-state index < -0.39 is 101 Å². The molecular weight excluding hydrogens is 604 g/mol. The Bertz CT molecular complexity index is 1200. The number of carbonyl (C=O) groups is 6. The van der Waals surface area contributed by atoms with Crippen molar-refractivity contribution in [3.63, 3.8) is 0 Å². The van der Waals surface area contributed by atoms with Crippen LogP contribution < -0.4 is 21.7 Å². The number of likely N-dealkylation sites (tertiary alicyclic amines) is 1. The third kappa shape index (κ3) is 10.1. The third-order valence-corrected chi connectivity index (χ3v) is 8.38. The summed E-state index contributed by atoms with van der Waals surface area (Å²) in [6, 6.07) is -5.71. The zero-order chi connectivity index (χ0) is 35.7. The van der Waals surface area contributed by atoms with Gasteiger partial charge in [0.1, 0.15) is 23.7 Å². The summed E-state index contributed by atoms with van der Waals surface area (Å²) < 4.78 is 32.9. The van der Waals surface area contributed by atoms with E-state index in [2.05, 4.69) is 16.0 Å². The van der Waals surface area contributed by atoms with E-state index in [0.717, 1.165) is 0 Å². The molecule has 0 aromatic rings. The van der Waals surface area contributed by atoms with E-state index in [1.807, 2.05) is 13.8 Å². The Morgan fingerprint density at radius 2 is 1.39 bits per heavy atom. The van der Waals surface area contributed by atoms with Gasteiger partial charge in [-0.3, -0.25) is 19.2 Å². The van der Waals surface area contributed by atoms with Crippen LogP contribution in [0.1, 0.15) is 95.4 Å². The van der Waals surface area contributed by atoms with Crippen molar-refractivity contribution in [2.24, 2.45) is 34.3 Å². The molecule has 1 saturated carbocycles. The largest absolute Gasteiger partial charge is 0.458 e. The van der Waals surface area contributed by atoms with Crippen molar-refractivity contribution in [1.29, 1.82) is 0 Å². The Kier molecular flexibility index (Phi) is 11.7. The Hall–Kier alpha value is -3.32. The van der Waals surface area contributed by atoms with Crippen LogP contribution in [-0.2, 0) is 28.7 Å². The van der Waals surface area contributed by atoms with Gasteiger partial charge in [-0.1, -0.05) is 55.4 Å². The maximum Gasteiger partial charge on any atom is 0.329 e. The number of ether oxygens (including phenoxy) is 1. The van der Waals surface area contributed by atoms with Gasteiger partial charge in [-0.05, 0) is 56.3 Å². The number of carbonyl (C=O) groups excluding carboxylic acids is 6. The van der Waals surface area contributed by atoms with Crippen molar-refractivity contribution < 1.29 is 42.3 Å². The van der Waals surface area contributed by atoms with Crippen LogP contribution in [-0.4, -0.2) is 82.6 Å². The normalized spacial score (nSPS) is 23.2. The summed E-state index contributed by atoms with van der Waals surface area (Å²) in [7, 11) is 0. The van der Waals surface area contributed by atoms with E-state index in [0.29, 0.717) is 6.42 Å². The number of halogens is 2. The minimum atomic E-state index is -3.00. The van der Waals surface area contributed by atoms with E-state index >= 15 is 0 Å². The summed E-state index contributed by atoms with van der Waals surface area (Å²) in [5, 5.41) is 7.79. The summed E-state index contributed by atoms with van der Waals surface area (Å²) in [6.07, 6.45) is -0.518. The summed E-state index contributed by atoms with van der Waals surface area (Å²) in [4.78, 5) is 79.9. The van der Waals surface area contributed by atoms with Gasteiger partial charge >= 0.3 is 12.0 Å². The van der Waals surface area contributed by atoms with Crippen LogP contribution >= 0.6 is 0 Å². The minimum absolute atomic E-state index is 0.0997. The number of nitrogens with two attached hydrogens (primary N) is 1. The lowest BCUT2D eigenvalue weighted by Crippen LogP contribution is -2.62. The molecule has 1 aliphatic carbocycles. The number of primary amides is 1. The van der Waals surface area contributed by atoms with Crippen LogP contribution in [0.25, 0.3) is 0 Å². The van der Waals surface area contributed by atoms with E-state index in [1.54, 1.807) is 62.3 Å². The standard InChI is InChI=1S/C32H53F2N5O7/c1-16(2)18-12-13-39(20(18)25(42)36-19(21(40)24(35)41)14-17-15-32(17,33)34)26(43)22(29(3,4)5)37-28(45)38-23(30(6,7)8)27(44)46-31(9,10)11/h16-20,22-23H,12-15H2,1-11H3,(H2,35,41)(H,36,42)(H2,37,38,45)/t17?,18?,19?,20-,22+,23+/m0/s1. The maximum atomic E-state index is 14.2. The Labute approximate surface area is 270 Å². The van der Waals surface area contributed by atoms with Gasteiger partial charge in [0.2, 0.25) is 17.6 Å². The van der Waals surface area contributed by atoms with Crippen molar-refractivity contribution in [1.82, 2.24) is 20.9 Å². The molecule has 5 amide bonds. The number of hydrogen-bond acceptors (Lipinski definition) is 7. The second kappa shape index (κ2) is 13.8. The van der Waals surface area contributed by atoms with Gasteiger partial charge in [-0.25, -0.2) is 18.4 Å². The van der Waals surface area contributed by atoms with Gasteiger partial charge in [0.05, 0.1) is 6.04 Å². The van der Waals surface area contributed by atoms with E-state index in [-0.39, 0.29) is 18.4 Å². The second-order valence-electron chi connectivity index (χ2n) is 16.1. The van der Waals surface area contributed by atoms with Crippen LogP contribution in [0.5, 0.6) is 0 Å². The minimum Gasteiger partial charge on any atom is -0.458 e. The summed E-state index contributed by atoms with van der Waals surface area (Å²) >= 11 is 0. The fraction of sp³-hybridized carbons (Fsp3) is 0.812. The first-order valence-corrected chi connectivity index (χ1v) is 15.8. The van der Waals surface area contributed by atoms with Crippen LogP contribution in [0, 0.1) is 28.6 Å². The highest BCUT2D eigenvalue weighted by Crippen LogP contribution is 2.51. The Balaban J connectivity index is 2.36. The topological polar surface area (TPSA) is 177 Å². The molecule has 5 N–H and O–H groups in total. The fourth-order valence-corrected chi connectivity index (χ4v) is 5.68. The SMILES string of the molecule is CC(C)C1CCN(C(=O)[C@@H](NC(=O)N[C@H](C(=O)OC(C)(C)C)C(C)(C)C)C(C)(C)C)[C@@H]1C(=O)NC(CC1CC1(F)F)C(=O)C(N)=O. The number of hydrogen-bond donors (Lipinski definition) is 4. The first kappa shape index (κ1) is 38.9. The number of ketones is 1. The molecule has 46 heavy (non-hydrogen) atoms. The van der Waals surface area contributed by atoms with Gasteiger partial charge in [-0.2, -0.15) is 0 Å². The molecular formula is C32H53F2N5O7. The number of esters is 1. The molecule has 1 heterocycles. The van der Waals surface area contributed by atoms with E-state index in [1.165, 1.54) is 4.90 Å². The highest BCUT2D eigenvalue weighted by Gasteiger charge is 2.58. The molecule has 12 nitrogen and oxygen atoms in total. The molecule has 6 atom stereocenters. The first-order chi connectivity index (χ1) is 20.7. The van der Waals surface area contributed by atoms with Crippen molar-refractivity contribution in [3.8, 4) is 0 Å². The number of rotatable bonds is 11. The second-order valence-corrected chi connectivity index (χ2v) is 16.1. The molecule has 0 aromatic carbocycles. The van der Waals surface area contributed by atoms with Crippen molar-refractivity contribution in [3.05, 3.63) is 0 Å². The van der Waals surface area contributed by atoms with Crippen LogP contribution in [0.3, 0.4) is 0 Å². The molecule has 0 bridgehead atoms. The third-order valence-electron chi connectivity index (χ3n) is 8.38. The summed E-state index contributed by atoms with van der Waals surface area (Å²) in [5.74, 6) is -9.22. The van der Waals surface area contributed by atoms with Crippen LogP contribution in [0.2, 0.25) is 0 Å². The highest BCUT2D eigenvalue weighted by atomic mass is 19.3. The van der Waals surface area contributed by atoms with Crippen molar-refractivity contribution in [2.45, 2.75) is 131 Å². The van der Waals surface area contributed by atoms with Gasteiger partial charge < -0.3 is 31.3 Å². The van der Waals surface area contributed by atoms with Crippen LogP contribution in [0.4, 0.5) is 13.6 Å². The van der Waals surface area contributed by atoms with E-state index in [9.17, 15) is 37.5 Å². The van der Waals surface area contributed by atoms with Gasteiger partial charge in [0.15, 0.2) is 0 Å². The predicted octanol–water partition coefficient (Wildman–Crippen LogP) is 2.91. The monoisotopic (exact) mass is 657 g/mol. The van der Waals surface area contributed by atoms with E-state index in [4.69, 9.17) is 10.5 Å². The lowest BCUT2D eigenvalue weighted by atomic mass is 9.84. The number of nitrogens with one attached hydrogen (secondary N) is 3. The van der Waals surface area contributed by atoms with Gasteiger partial charge in [0, 0.05) is 18.9 Å². The quantitative estimate of drug-likeness (QED) is 0.195. The number of amides is 5. The molecule has 1 saturated heterocycles. The molecule has 2 fully saturated rings. The molecule has 0 aromatic heterocycles. The molecule has 14 heteroatoms. The Morgan fingerprint density at radius 3 is 1.80 bits per heavy atom. The molecule has 1 aliphatic heterocycles. The van der Waals surface area contributed by atoms with Crippen molar-refractivity contribution in [2.75, 3.05) is 6.54 Å². The average molecular weight is 658 g/mol. The zero-order valence-corrected chi connectivity index (χ0v) is 29.0. The number of nitrogens with zero attached hydrogens (tertiary/aromatic N) is 1. The molecule has 3 unspecified atom stereocenters.